The molecule has 1 aromatic rings. The fraction of sp³-hybridized carbons (Fsp3) is 0.500. The van der Waals surface area contributed by atoms with E-state index >= 15 is 0 Å². The van der Waals surface area contributed by atoms with Gasteiger partial charge in [0.25, 0.3) is 0 Å². The first-order chi connectivity index (χ1) is 8.76. The first-order valence-electron chi connectivity index (χ1n) is 6.34. The SMILES string of the molecule is CCSc1cccc(OC2CCCC2N)c1C#N. The summed E-state index contributed by atoms with van der Waals surface area (Å²) in [7, 11) is 0. The van der Waals surface area contributed by atoms with Gasteiger partial charge in [-0.25, -0.2) is 0 Å². The van der Waals surface area contributed by atoms with Gasteiger partial charge in [-0.05, 0) is 37.1 Å². The van der Waals surface area contributed by atoms with Crippen LogP contribution in [0.2, 0.25) is 0 Å². The largest absolute Gasteiger partial charge is 0.487 e. The van der Waals surface area contributed by atoms with Crippen molar-refractivity contribution in [2.45, 2.75) is 43.2 Å². The quantitative estimate of drug-likeness (QED) is 0.848. The van der Waals surface area contributed by atoms with Gasteiger partial charge in [-0.2, -0.15) is 5.26 Å². The minimum Gasteiger partial charge on any atom is -0.487 e. The van der Waals surface area contributed by atoms with Crippen LogP contribution in [0.15, 0.2) is 23.1 Å². The zero-order valence-corrected chi connectivity index (χ0v) is 11.4. The molecule has 2 unspecified atom stereocenters. The van der Waals surface area contributed by atoms with Gasteiger partial charge >= 0.3 is 0 Å². The summed E-state index contributed by atoms with van der Waals surface area (Å²) in [5.74, 6) is 1.62. The second kappa shape index (κ2) is 6.12. The molecule has 0 amide bonds. The van der Waals surface area contributed by atoms with Crippen molar-refractivity contribution in [1.82, 2.24) is 0 Å². The highest BCUT2D eigenvalue weighted by atomic mass is 32.2. The molecule has 1 aliphatic carbocycles. The number of nitriles is 1. The molecule has 2 N–H and O–H groups in total. The molecular formula is C14H18N2OS. The number of nitrogens with zero attached hydrogens (tertiary/aromatic N) is 1. The minimum absolute atomic E-state index is 0.0546. The predicted octanol–water partition coefficient (Wildman–Crippen LogP) is 2.93. The summed E-state index contributed by atoms with van der Waals surface area (Å²) in [6.45, 7) is 2.08. The van der Waals surface area contributed by atoms with Crippen molar-refractivity contribution in [1.29, 1.82) is 5.26 Å². The van der Waals surface area contributed by atoms with Crippen LogP contribution in [0.25, 0.3) is 0 Å². The van der Waals surface area contributed by atoms with Crippen molar-refractivity contribution in [3.8, 4) is 11.8 Å². The molecule has 1 fully saturated rings. The lowest BCUT2D eigenvalue weighted by Gasteiger charge is -2.19. The Balaban J connectivity index is 2.22. The van der Waals surface area contributed by atoms with Gasteiger partial charge < -0.3 is 10.5 Å². The van der Waals surface area contributed by atoms with E-state index in [-0.39, 0.29) is 12.1 Å². The summed E-state index contributed by atoms with van der Waals surface area (Å²) in [6.07, 6.45) is 3.16. The van der Waals surface area contributed by atoms with Crippen LogP contribution in [0.1, 0.15) is 31.7 Å². The summed E-state index contributed by atoms with van der Waals surface area (Å²) < 4.78 is 5.94. The number of hydrogen-bond donors (Lipinski definition) is 1. The van der Waals surface area contributed by atoms with Crippen LogP contribution in [0.4, 0.5) is 0 Å². The highest BCUT2D eigenvalue weighted by Gasteiger charge is 2.26. The van der Waals surface area contributed by atoms with Gasteiger partial charge in [0.1, 0.15) is 23.5 Å². The van der Waals surface area contributed by atoms with Gasteiger partial charge in [-0.15, -0.1) is 11.8 Å². The lowest BCUT2D eigenvalue weighted by atomic mass is 10.2. The second-order valence-electron chi connectivity index (χ2n) is 4.43. The van der Waals surface area contributed by atoms with Crippen LogP contribution >= 0.6 is 11.8 Å². The number of rotatable bonds is 4. The number of hydrogen-bond acceptors (Lipinski definition) is 4. The van der Waals surface area contributed by atoms with Crippen molar-refractivity contribution in [3.05, 3.63) is 23.8 Å². The van der Waals surface area contributed by atoms with E-state index in [1.54, 1.807) is 11.8 Å². The Morgan fingerprint density at radius 1 is 1.50 bits per heavy atom. The van der Waals surface area contributed by atoms with Gasteiger partial charge in [0, 0.05) is 10.9 Å². The van der Waals surface area contributed by atoms with Crippen molar-refractivity contribution < 1.29 is 4.74 Å². The van der Waals surface area contributed by atoms with Gasteiger partial charge in [0.15, 0.2) is 0 Å². The molecule has 0 saturated heterocycles. The maximum absolute atomic E-state index is 9.29. The average Bonchev–Trinajstić information content (AvgIpc) is 2.76. The number of thioether (sulfide) groups is 1. The molecule has 0 spiro atoms. The fourth-order valence-corrected chi connectivity index (χ4v) is 3.04. The molecule has 0 aliphatic heterocycles. The smallest absolute Gasteiger partial charge is 0.138 e. The zero-order chi connectivity index (χ0) is 13.0. The molecule has 2 atom stereocenters. The Hall–Kier alpha value is -1.18. The standard InChI is InChI=1S/C14H18N2OS/c1-2-18-14-8-4-6-12(10(14)9-15)17-13-7-3-5-11(13)16/h4,6,8,11,13H,2-3,5,7,16H2,1H3. The lowest BCUT2D eigenvalue weighted by molar-refractivity contribution is 0.190. The molecule has 2 rings (SSSR count). The molecule has 1 aromatic carbocycles. The van der Waals surface area contributed by atoms with E-state index in [0.29, 0.717) is 11.3 Å². The third-order valence-corrected chi connectivity index (χ3v) is 4.12. The van der Waals surface area contributed by atoms with Gasteiger partial charge in [-0.1, -0.05) is 13.0 Å². The molecule has 1 saturated carbocycles. The molecule has 96 valence electrons. The average molecular weight is 262 g/mol. The predicted molar refractivity (Wildman–Crippen MR) is 73.8 cm³/mol. The third-order valence-electron chi connectivity index (χ3n) is 3.18. The topological polar surface area (TPSA) is 59.0 Å². The molecule has 18 heavy (non-hydrogen) atoms. The van der Waals surface area contributed by atoms with E-state index < -0.39 is 0 Å². The fourth-order valence-electron chi connectivity index (χ4n) is 2.26. The van der Waals surface area contributed by atoms with Crippen LogP contribution in [0.3, 0.4) is 0 Å². The Labute approximate surface area is 112 Å². The minimum atomic E-state index is 0.0546. The van der Waals surface area contributed by atoms with Crippen LogP contribution < -0.4 is 10.5 Å². The van der Waals surface area contributed by atoms with E-state index in [1.165, 1.54) is 0 Å². The lowest BCUT2D eigenvalue weighted by Crippen LogP contribution is -2.33. The van der Waals surface area contributed by atoms with Crippen LogP contribution in [0.5, 0.6) is 5.75 Å². The Kier molecular flexibility index (Phi) is 4.51. The molecule has 3 nitrogen and oxygen atoms in total. The zero-order valence-electron chi connectivity index (χ0n) is 10.6. The summed E-state index contributed by atoms with van der Waals surface area (Å²) >= 11 is 1.67. The maximum Gasteiger partial charge on any atom is 0.138 e. The number of nitrogens with two attached hydrogens (primary N) is 1. The Bertz CT molecular complexity index is 456. The highest BCUT2D eigenvalue weighted by molar-refractivity contribution is 7.99. The summed E-state index contributed by atoms with van der Waals surface area (Å²) in [6, 6.07) is 8.12. The van der Waals surface area contributed by atoms with Crippen LogP contribution in [0, 0.1) is 11.3 Å². The monoisotopic (exact) mass is 262 g/mol. The molecule has 0 radical (unpaired) electrons. The first-order valence-corrected chi connectivity index (χ1v) is 7.33. The van der Waals surface area contributed by atoms with Gasteiger partial charge in [0.2, 0.25) is 0 Å². The first kappa shape index (κ1) is 13.3. The molecule has 1 aliphatic rings. The highest BCUT2D eigenvalue weighted by Crippen LogP contribution is 2.32. The van der Waals surface area contributed by atoms with Gasteiger partial charge in [-0.3, -0.25) is 0 Å². The van der Waals surface area contributed by atoms with Crippen LogP contribution in [-0.4, -0.2) is 17.9 Å². The molecular weight excluding hydrogens is 244 g/mol. The summed E-state index contributed by atoms with van der Waals surface area (Å²) in [5, 5.41) is 9.29. The van der Waals surface area contributed by atoms with E-state index in [2.05, 4.69) is 13.0 Å². The van der Waals surface area contributed by atoms with E-state index in [1.807, 2.05) is 18.2 Å². The van der Waals surface area contributed by atoms with E-state index in [4.69, 9.17) is 10.5 Å². The molecule has 4 heteroatoms. The third kappa shape index (κ3) is 2.80. The number of benzene rings is 1. The maximum atomic E-state index is 9.29. The van der Waals surface area contributed by atoms with Crippen molar-refractivity contribution in [2.24, 2.45) is 5.73 Å². The number of ether oxygens (including phenoxy) is 1. The van der Waals surface area contributed by atoms with Crippen molar-refractivity contribution >= 4 is 11.8 Å². The molecule has 0 bridgehead atoms. The van der Waals surface area contributed by atoms with E-state index in [9.17, 15) is 5.26 Å². The molecule has 0 aromatic heterocycles. The Morgan fingerprint density at radius 2 is 2.33 bits per heavy atom. The van der Waals surface area contributed by atoms with E-state index in [0.717, 1.165) is 29.9 Å². The van der Waals surface area contributed by atoms with Crippen LogP contribution in [-0.2, 0) is 0 Å². The van der Waals surface area contributed by atoms with Crippen molar-refractivity contribution in [2.75, 3.05) is 5.75 Å². The summed E-state index contributed by atoms with van der Waals surface area (Å²) in [4.78, 5) is 0.990. The molecule has 0 heterocycles. The van der Waals surface area contributed by atoms with Crippen molar-refractivity contribution in [3.63, 3.8) is 0 Å². The normalized spacial score (nSPS) is 22.7. The van der Waals surface area contributed by atoms with Gasteiger partial charge in [0.05, 0.1) is 0 Å². The summed E-state index contributed by atoms with van der Waals surface area (Å²) in [5.41, 5.74) is 6.64. The Morgan fingerprint density at radius 3 is 2.94 bits per heavy atom. The second-order valence-corrected chi connectivity index (χ2v) is 5.73.